The highest BCUT2D eigenvalue weighted by molar-refractivity contribution is 5.82. The van der Waals surface area contributed by atoms with Gasteiger partial charge in [0, 0.05) is 13.1 Å². The van der Waals surface area contributed by atoms with Crippen molar-refractivity contribution in [2.45, 2.75) is 18.7 Å². The number of alkyl halides is 3. The third-order valence-corrected chi connectivity index (χ3v) is 1.69. The molecule has 1 atom stereocenters. The summed E-state index contributed by atoms with van der Waals surface area (Å²) in [5.74, 6) is -1.86. The molecule has 1 N–H and O–H groups in total. The van der Waals surface area contributed by atoms with E-state index in [2.05, 4.69) is 0 Å². The molecule has 1 saturated heterocycles. The average Bonchev–Trinajstić information content (AvgIpc) is 2.32. The number of carbonyl (C=O) groups excluding carboxylic acids is 1. The summed E-state index contributed by atoms with van der Waals surface area (Å²) < 4.78 is 35.3. The molecule has 1 fully saturated rings. The zero-order valence-corrected chi connectivity index (χ0v) is 6.14. The van der Waals surface area contributed by atoms with E-state index in [1.165, 1.54) is 0 Å². The minimum atomic E-state index is -4.82. The van der Waals surface area contributed by atoms with Crippen LogP contribution in [0.3, 0.4) is 0 Å². The van der Waals surface area contributed by atoms with Crippen LogP contribution < -0.4 is 0 Å². The Labute approximate surface area is 66.8 Å². The number of rotatable bonds is 0. The quantitative estimate of drug-likeness (QED) is 0.580. The average molecular weight is 183 g/mol. The fourth-order valence-corrected chi connectivity index (χ4v) is 1.11. The Hall–Kier alpha value is -0.780. The maximum Gasteiger partial charge on any atom is 0.471 e. The lowest BCUT2D eigenvalue weighted by atomic mass is 10.3. The van der Waals surface area contributed by atoms with E-state index in [-0.39, 0.29) is 19.5 Å². The largest absolute Gasteiger partial charge is 0.471 e. The lowest BCUT2D eigenvalue weighted by Gasteiger charge is -2.16. The molecule has 0 bridgehead atoms. The maximum atomic E-state index is 11.8. The van der Waals surface area contributed by atoms with Gasteiger partial charge in [-0.05, 0) is 6.42 Å². The third kappa shape index (κ3) is 1.88. The summed E-state index contributed by atoms with van der Waals surface area (Å²) in [6, 6.07) is 0. The molecule has 3 nitrogen and oxygen atoms in total. The Morgan fingerprint density at radius 2 is 2.08 bits per heavy atom. The van der Waals surface area contributed by atoms with Crippen LogP contribution in [0, 0.1) is 0 Å². The van der Waals surface area contributed by atoms with Crippen LogP contribution in [0.5, 0.6) is 0 Å². The van der Waals surface area contributed by atoms with Gasteiger partial charge in [-0.2, -0.15) is 13.2 Å². The summed E-state index contributed by atoms with van der Waals surface area (Å²) in [5, 5.41) is 8.85. The predicted molar refractivity (Wildman–Crippen MR) is 33.3 cm³/mol. The van der Waals surface area contributed by atoms with Crippen molar-refractivity contribution in [3.63, 3.8) is 0 Å². The van der Waals surface area contributed by atoms with Crippen molar-refractivity contribution in [2.24, 2.45) is 0 Å². The molecule has 0 aromatic heterocycles. The zero-order valence-electron chi connectivity index (χ0n) is 6.14. The van der Waals surface area contributed by atoms with Crippen molar-refractivity contribution >= 4 is 5.91 Å². The van der Waals surface area contributed by atoms with Crippen molar-refractivity contribution < 1.29 is 23.1 Å². The van der Waals surface area contributed by atoms with E-state index in [0.717, 1.165) is 0 Å². The first kappa shape index (κ1) is 9.31. The van der Waals surface area contributed by atoms with E-state index < -0.39 is 18.2 Å². The highest BCUT2D eigenvalue weighted by Crippen LogP contribution is 2.21. The van der Waals surface area contributed by atoms with Crippen LogP contribution in [-0.2, 0) is 4.79 Å². The van der Waals surface area contributed by atoms with Gasteiger partial charge < -0.3 is 10.0 Å². The van der Waals surface area contributed by atoms with Crippen LogP contribution in [0.1, 0.15) is 6.42 Å². The number of aliphatic hydroxyl groups excluding tert-OH is 1. The van der Waals surface area contributed by atoms with Crippen LogP contribution in [0.15, 0.2) is 0 Å². The minimum absolute atomic E-state index is 0.0144. The first-order chi connectivity index (χ1) is 5.41. The van der Waals surface area contributed by atoms with Crippen molar-refractivity contribution in [1.29, 1.82) is 0 Å². The smallest absolute Gasteiger partial charge is 0.391 e. The monoisotopic (exact) mass is 183 g/mol. The van der Waals surface area contributed by atoms with Crippen molar-refractivity contribution in [3.05, 3.63) is 0 Å². The molecule has 70 valence electrons. The lowest BCUT2D eigenvalue weighted by Crippen LogP contribution is -2.39. The summed E-state index contributed by atoms with van der Waals surface area (Å²) in [5.41, 5.74) is 0. The normalized spacial score (nSPS) is 24.7. The van der Waals surface area contributed by atoms with Gasteiger partial charge in [0.1, 0.15) is 0 Å². The van der Waals surface area contributed by atoms with Gasteiger partial charge in [-0.25, -0.2) is 0 Å². The van der Waals surface area contributed by atoms with Crippen LogP contribution in [0.4, 0.5) is 13.2 Å². The molecular formula is C6H8F3NO2. The number of nitrogens with zero attached hydrogens (tertiary/aromatic N) is 1. The zero-order chi connectivity index (χ0) is 9.35. The highest BCUT2D eigenvalue weighted by Gasteiger charge is 2.44. The topological polar surface area (TPSA) is 40.5 Å². The molecule has 1 unspecified atom stereocenters. The molecule has 12 heavy (non-hydrogen) atoms. The molecule has 6 heteroatoms. The number of aliphatic hydroxyl groups is 1. The fourth-order valence-electron chi connectivity index (χ4n) is 1.11. The number of halogens is 3. The second-order valence-corrected chi connectivity index (χ2v) is 2.69. The summed E-state index contributed by atoms with van der Waals surface area (Å²) in [6.07, 6.45) is -5.40. The second-order valence-electron chi connectivity index (χ2n) is 2.69. The molecule has 0 spiro atoms. The molecule has 0 aliphatic carbocycles. The van der Waals surface area contributed by atoms with Crippen LogP contribution in [0.25, 0.3) is 0 Å². The van der Waals surface area contributed by atoms with Gasteiger partial charge in [-0.15, -0.1) is 0 Å². The summed E-state index contributed by atoms with van der Waals surface area (Å²) >= 11 is 0. The van der Waals surface area contributed by atoms with E-state index in [1.54, 1.807) is 0 Å². The van der Waals surface area contributed by atoms with E-state index >= 15 is 0 Å². The van der Waals surface area contributed by atoms with Crippen molar-refractivity contribution in [1.82, 2.24) is 4.90 Å². The van der Waals surface area contributed by atoms with Gasteiger partial charge in [0.2, 0.25) is 0 Å². The van der Waals surface area contributed by atoms with Crippen LogP contribution in [-0.4, -0.2) is 41.3 Å². The Morgan fingerprint density at radius 1 is 1.50 bits per heavy atom. The SMILES string of the molecule is O=C(N1CCC(O)C1)C(F)(F)F. The number of likely N-dealkylation sites (tertiary alicyclic amines) is 1. The molecule has 1 amide bonds. The van der Waals surface area contributed by atoms with Crippen LogP contribution in [0.2, 0.25) is 0 Å². The van der Waals surface area contributed by atoms with Gasteiger partial charge in [-0.3, -0.25) is 4.79 Å². The van der Waals surface area contributed by atoms with Crippen LogP contribution >= 0.6 is 0 Å². The number of carbonyl (C=O) groups is 1. The first-order valence-electron chi connectivity index (χ1n) is 3.45. The second kappa shape index (κ2) is 2.93. The van der Waals surface area contributed by atoms with E-state index in [1.807, 2.05) is 0 Å². The number of β-amino-alcohol motifs (C(OH)–C–C–N with tert-alkyl or cyclic N) is 1. The molecule has 1 rings (SSSR count). The minimum Gasteiger partial charge on any atom is -0.391 e. The molecule has 0 aromatic carbocycles. The molecular weight excluding hydrogens is 175 g/mol. The van der Waals surface area contributed by atoms with Gasteiger partial charge in [-0.1, -0.05) is 0 Å². The summed E-state index contributed by atoms with van der Waals surface area (Å²) in [6.45, 7) is -0.224. The molecule has 0 radical (unpaired) electrons. The van der Waals surface area contributed by atoms with Gasteiger partial charge in [0.25, 0.3) is 0 Å². The van der Waals surface area contributed by atoms with E-state index in [9.17, 15) is 18.0 Å². The van der Waals surface area contributed by atoms with Gasteiger partial charge in [0.05, 0.1) is 6.10 Å². The lowest BCUT2D eigenvalue weighted by molar-refractivity contribution is -0.184. The summed E-state index contributed by atoms with van der Waals surface area (Å²) in [4.78, 5) is 11.1. The molecule has 1 heterocycles. The fraction of sp³-hybridized carbons (Fsp3) is 0.833. The Morgan fingerprint density at radius 3 is 2.42 bits per heavy atom. The number of hydrogen-bond donors (Lipinski definition) is 1. The molecule has 0 saturated carbocycles. The Kier molecular flexibility index (Phi) is 2.27. The van der Waals surface area contributed by atoms with E-state index in [4.69, 9.17) is 5.11 Å². The van der Waals surface area contributed by atoms with Crippen molar-refractivity contribution in [3.8, 4) is 0 Å². The number of amides is 1. The van der Waals surface area contributed by atoms with Gasteiger partial charge in [0.15, 0.2) is 0 Å². The maximum absolute atomic E-state index is 11.8. The summed E-state index contributed by atoms with van der Waals surface area (Å²) in [7, 11) is 0. The Balaban J connectivity index is 2.55. The molecule has 1 aliphatic heterocycles. The third-order valence-electron chi connectivity index (χ3n) is 1.69. The predicted octanol–water partition coefficient (Wildman–Crippen LogP) is 0.142. The van der Waals surface area contributed by atoms with E-state index in [0.29, 0.717) is 4.90 Å². The number of hydrogen-bond acceptors (Lipinski definition) is 2. The molecule has 1 aliphatic rings. The first-order valence-corrected chi connectivity index (χ1v) is 3.45. The molecule has 0 aromatic rings. The van der Waals surface area contributed by atoms with Gasteiger partial charge >= 0.3 is 12.1 Å². The standard InChI is InChI=1S/C6H8F3NO2/c7-6(8,9)5(12)10-2-1-4(11)3-10/h4,11H,1-3H2. The highest BCUT2D eigenvalue weighted by atomic mass is 19.4. The Bertz CT molecular complexity index is 192. The van der Waals surface area contributed by atoms with Crippen molar-refractivity contribution in [2.75, 3.05) is 13.1 Å².